The van der Waals surface area contributed by atoms with Crippen LogP contribution in [0, 0.1) is 11.8 Å². The lowest BCUT2D eigenvalue weighted by Crippen LogP contribution is -1.97. The first-order chi connectivity index (χ1) is 8.17. The fraction of sp³-hybridized carbons (Fsp3) is 0.286. The molecule has 0 fully saturated rings. The third kappa shape index (κ3) is 4.12. The van der Waals surface area contributed by atoms with E-state index in [1.54, 1.807) is 24.3 Å². The molecule has 1 aromatic rings. The molecule has 0 aliphatic heterocycles. The number of rotatable bonds is 3. The normalized spacial score (nSPS) is 9.06. The Balaban J connectivity index is 2.68. The zero-order valence-electron chi connectivity index (χ0n) is 9.95. The summed E-state index contributed by atoms with van der Waals surface area (Å²) in [6, 6.07) is 7.03. The molecule has 0 aromatic heterocycles. The zero-order chi connectivity index (χ0) is 12.7. The van der Waals surface area contributed by atoms with Crippen molar-refractivity contribution in [3.63, 3.8) is 0 Å². The summed E-state index contributed by atoms with van der Waals surface area (Å²) < 4.78 is 4.47. The Morgan fingerprint density at radius 2 is 1.88 bits per heavy atom. The number of hydrogen-bond acceptors (Lipinski definition) is 3. The summed E-state index contributed by atoms with van der Waals surface area (Å²) in [6.45, 7) is 1.83. The molecule has 0 amide bonds. The highest BCUT2D eigenvalue weighted by Crippen LogP contribution is 2.05. The van der Waals surface area contributed by atoms with Gasteiger partial charge in [-0.15, -0.1) is 0 Å². The maximum atomic E-state index is 11.4. The summed E-state index contributed by atoms with van der Waals surface area (Å²) in [6.07, 6.45) is 0.569. The molecule has 0 bridgehead atoms. The Labute approximate surface area is 101 Å². The molecule has 1 aromatic carbocycles. The van der Waals surface area contributed by atoms with Gasteiger partial charge in [0, 0.05) is 17.5 Å². The maximum Gasteiger partial charge on any atom is 0.317 e. The zero-order valence-corrected chi connectivity index (χ0v) is 9.95. The number of methoxy groups -OCH3 is 1. The van der Waals surface area contributed by atoms with Gasteiger partial charge in [0.1, 0.15) is 6.42 Å². The Kier molecular flexibility index (Phi) is 4.96. The highest BCUT2D eigenvalue weighted by molar-refractivity contribution is 5.95. The van der Waals surface area contributed by atoms with E-state index in [9.17, 15) is 9.59 Å². The van der Waals surface area contributed by atoms with Crippen molar-refractivity contribution >= 4 is 11.8 Å². The molecule has 0 saturated carbocycles. The molecule has 17 heavy (non-hydrogen) atoms. The molecule has 0 N–H and O–H groups in total. The minimum atomic E-state index is -0.352. The molecule has 0 aliphatic rings. The van der Waals surface area contributed by atoms with Crippen LogP contribution in [0.4, 0.5) is 0 Å². The predicted molar refractivity (Wildman–Crippen MR) is 64.6 cm³/mol. The van der Waals surface area contributed by atoms with Crippen molar-refractivity contribution in [1.82, 2.24) is 0 Å². The van der Waals surface area contributed by atoms with Crippen LogP contribution in [0.25, 0.3) is 0 Å². The van der Waals surface area contributed by atoms with E-state index in [1.165, 1.54) is 7.11 Å². The molecule has 0 aliphatic carbocycles. The molecular weight excluding hydrogens is 216 g/mol. The number of benzene rings is 1. The molecule has 0 radical (unpaired) electrons. The summed E-state index contributed by atoms with van der Waals surface area (Å²) in [5, 5.41) is 0. The molecule has 0 heterocycles. The van der Waals surface area contributed by atoms with Crippen LogP contribution in [0.2, 0.25) is 0 Å². The predicted octanol–water partition coefficient (Wildman–Crippen LogP) is 2.19. The van der Waals surface area contributed by atoms with E-state index in [2.05, 4.69) is 16.6 Å². The minimum absolute atomic E-state index is 0.0755. The van der Waals surface area contributed by atoms with E-state index in [0.29, 0.717) is 12.0 Å². The first kappa shape index (κ1) is 13.0. The summed E-state index contributed by atoms with van der Waals surface area (Å²) in [5.41, 5.74) is 1.47. The number of hydrogen-bond donors (Lipinski definition) is 0. The third-order valence-electron chi connectivity index (χ3n) is 2.22. The van der Waals surface area contributed by atoms with Crippen molar-refractivity contribution in [2.24, 2.45) is 0 Å². The fourth-order valence-electron chi connectivity index (χ4n) is 1.23. The van der Waals surface area contributed by atoms with Gasteiger partial charge < -0.3 is 4.74 Å². The second-order valence-electron chi connectivity index (χ2n) is 3.41. The van der Waals surface area contributed by atoms with Crippen LogP contribution < -0.4 is 0 Å². The van der Waals surface area contributed by atoms with Crippen LogP contribution in [0.3, 0.4) is 0 Å². The maximum absolute atomic E-state index is 11.4. The van der Waals surface area contributed by atoms with Crippen LogP contribution in [-0.4, -0.2) is 18.9 Å². The van der Waals surface area contributed by atoms with E-state index >= 15 is 0 Å². The Hall–Kier alpha value is -2.08. The molecule has 0 saturated heterocycles. The third-order valence-corrected chi connectivity index (χ3v) is 2.22. The first-order valence-corrected chi connectivity index (χ1v) is 5.36. The van der Waals surface area contributed by atoms with Gasteiger partial charge in [-0.25, -0.2) is 0 Å². The van der Waals surface area contributed by atoms with Gasteiger partial charge in [-0.1, -0.05) is 30.9 Å². The number of esters is 1. The highest BCUT2D eigenvalue weighted by Gasteiger charge is 2.01. The van der Waals surface area contributed by atoms with Gasteiger partial charge in [0.05, 0.1) is 7.11 Å². The van der Waals surface area contributed by atoms with Crippen molar-refractivity contribution in [2.45, 2.75) is 19.8 Å². The molecule has 3 heteroatoms. The van der Waals surface area contributed by atoms with Crippen LogP contribution in [0.1, 0.15) is 35.7 Å². The highest BCUT2D eigenvalue weighted by atomic mass is 16.5. The molecular formula is C14H14O3. The quantitative estimate of drug-likeness (QED) is 0.454. The van der Waals surface area contributed by atoms with E-state index in [0.717, 1.165) is 5.56 Å². The molecule has 0 spiro atoms. The summed E-state index contributed by atoms with van der Waals surface area (Å²) >= 11 is 0. The number of ether oxygens (including phenoxy) is 1. The van der Waals surface area contributed by atoms with Crippen LogP contribution >= 0.6 is 0 Å². The number of carbonyl (C=O) groups is 2. The van der Waals surface area contributed by atoms with E-state index in [-0.39, 0.29) is 18.2 Å². The van der Waals surface area contributed by atoms with E-state index < -0.39 is 0 Å². The molecule has 88 valence electrons. The topological polar surface area (TPSA) is 43.4 Å². The van der Waals surface area contributed by atoms with Gasteiger partial charge >= 0.3 is 5.97 Å². The monoisotopic (exact) mass is 230 g/mol. The second-order valence-corrected chi connectivity index (χ2v) is 3.41. The van der Waals surface area contributed by atoms with E-state index in [4.69, 9.17) is 0 Å². The van der Waals surface area contributed by atoms with Gasteiger partial charge in [0.15, 0.2) is 5.78 Å². The number of ketones is 1. The van der Waals surface area contributed by atoms with Gasteiger partial charge in [-0.3, -0.25) is 9.59 Å². The summed E-state index contributed by atoms with van der Waals surface area (Å²) in [4.78, 5) is 22.2. The minimum Gasteiger partial charge on any atom is -0.468 e. The van der Waals surface area contributed by atoms with Crippen molar-refractivity contribution in [2.75, 3.05) is 7.11 Å². The van der Waals surface area contributed by atoms with Gasteiger partial charge in [-0.05, 0) is 12.1 Å². The lowest BCUT2D eigenvalue weighted by Gasteiger charge is -1.97. The Morgan fingerprint density at radius 1 is 1.24 bits per heavy atom. The molecule has 1 rings (SSSR count). The fourth-order valence-corrected chi connectivity index (χ4v) is 1.23. The average Bonchev–Trinajstić information content (AvgIpc) is 2.38. The Morgan fingerprint density at radius 3 is 2.41 bits per heavy atom. The van der Waals surface area contributed by atoms with E-state index in [1.807, 2.05) is 6.92 Å². The smallest absolute Gasteiger partial charge is 0.317 e. The lowest BCUT2D eigenvalue weighted by molar-refractivity contribution is -0.139. The van der Waals surface area contributed by atoms with Crippen molar-refractivity contribution < 1.29 is 14.3 Å². The van der Waals surface area contributed by atoms with Crippen molar-refractivity contribution in [1.29, 1.82) is 0 Å². The van der Waals surface area contributed by atoms with Crippen LogP contribution in [0.15, 0.2) is 24.3 Å². The standard InChI is InChI=1S/C14H14O3/c1-3-13(15)12-9-7-11(8-10-12)5-4-6-14(16)17-2/h7-10H,3,6H2,1-2H3. The SMILES string of the molecule is CCC(=O)c1ccc(C#CCC(=O)OC)cc1. The summed E-state index contributed by atoms with van der Waals surface area (Å²) in [5.74, 6) is 5.30. The van der Waals surface area contributed by atoms with Crippen LogP contribution in [0.5, 0.6) is 0 Å². The first-order valence-electron chi connectivity index (χ1n) is 5.36. The van der Waals surface area contributed by atoms with Crippen LogP contribution in [-0.2, 0) is 9.53 Å². The van der Waals surface area contributed by atoms with Gasteiger partial charge in [-0.2, -0.15) is 0 Å². The average molecular weight is 230 g/mol. The van der Waals surface area contributed by atoms with Gasteiger partial charge in [0.25, 0.3) is 0 Å². The van der Waals surface area contributed by atoms with Gasteiger partial charge in [0.2, 0.25) is 0 Å². The lowest BCUT2D eigenvalue weighted by atomic mass is 10.1. The van der Waals surface area contributed by atoms with Crippen molar-refractivity contribution in [3.8, 4) is 11.8 Å². The Bertz CT molecular complexity index is 460. The molecule has 0 unspecified atom stereocenters. The number of Topliss-reactive ketones (excluding diaryl/α,β-unsaturated/α-hetero) is 1. The summed E-state index contributed by atoms with van der Waals surface area (Å²) in [7, 11) is 1.33. The largest absolute Gasteiger partial charge is 0.468 e. The second kappa shape index (κ2) is 6.49. The number of carbonyl (C=O) groups excluding carboxylic acids is 2. The van der Waals surface area contributed by atoms with Crippen molar-refractivity contribution in [3.05, 3.63) is 35.4 Å². The molecule has 3 nitrogen and oxygen atoms in total. The molecule has 0 atom stereocenters.